The van der Waals surface area contributed by atoms with Crippen LogP contribution in [-0.4, -0.2) is 44.6 Å². The molecule has 1 aromatic heterocycles. The molecule has 1 N–H and O–H groups in total. The molecule has 1 saturated carbocycles. The van der Waals surface area contributed by atoms with Gasteiger partial charge in [0, 0.05) is 17.5 Å². The first kappa shape index (κ1) is 30.9. The highest BCUT2D eigenvalue weighted by Crippen LogP contribution is 2.41. The number of carbonyl (C=O) groups excluding carboxylic acids is 3. The number of hydrogen-bond acceptors (Lipinski definition) is 5. The highest BCUT2D eigenvalue weighted by molar-refractivity contribution is 6.08. The van der Waals surface area contributed by atoms with Crippen LogP contribution in [0, 0.1) is 17.6 Å². The summed E-state index contributed by atoms with van der Waals surface area (Å²) in [6.45, 7) is 4.78. The maximum absolute atomic E-state index is 15.5. The Hall–Kier alpha value is -5.06. The molecule has 3 amide bonds. The minimum Gasteiger partial charge on any atom is -0.442 e. The molecule has 11 heteroatoms. The van der Waals surface area contributed by atoms with Crippen molar-refractivity contribution in [3.8, 4) is 5.69 Å². The average molecular weight is 629 g/mol. The summed E-state index contributed by atoms with van der Waals surface area (Å²) in [6, 6.07) is 17.9. The molecule has 2 fully saturated rings. The van der Waals surface area contributed by atoms with E-state index in [9.17, 15) is 23.6 Å². The maximum Gasteiger partial charge on any atom is 0.429 e. The summed E-state index contributed by atoms with van der Waals surface area (Å²) in [5, 5.41) is 5.11. The van der Waals surface area contributed by atoms with Crippen LogP contribution in [0.3, 0.4) is 0 Å². The summed E-state index contributed by atoms with van der Waals surface area (Å²) in [5.74, 6) is -2.26. The Balaban J connectivity index is 1.55. The Bertz CT molecular complexity index is 1900. The fourth-order valence-corrected chi connectivity index (χ4v) is 5.93. The highest BCUT2D eigenvalue weighted by Gasteiger charge is 2.39. The van der Waals surface area contributed by atoms with Gasteiger partial charge in [-0.05, 0) is 75.4 Å². The highest BCUT2D eigenvalue weighted by atomic mass is 19.1. The standard InChI is InChI=1S/C35H34F2N4O5/c1-35(2,3)46-34(45)39-18-17-28(42)40(39)20-27-30(32(43)38-31(21-15-16-21)22-9-7-10-23(36)19-22)25-13-8-14-26(37)29(25)33(44)41(27)24-11-5-4-6-12-24/h4-14,19,21,31H,15-18,20H2,1-3H3,(H,38,43)/t31-/m0/s1. The molecule has 238 valence electrons. The topological polar surface area (TPSA) is 101 Å². The van der Waals surface area contributed by atoms with Crippen LogP contribution in [0.4, 0.5) is 13.6 Å². The SMILES string of the molecule is CC(C)(C)OC(=O)N1CCC(=O)N1Cc1c(C(=O)N[C@H](c2cccc(F)c2)C2CC2)c2cccc(F)c2c(=O)n1-c1ccccc1. The van der Waals surface area contributed by atoms with Crippen LogP contribution < -0.4 is 10.9 Å². The number of hydrogen-bond donors (Lipinski definition) is 1. The number of hydrazine groups is 1. The van der Waals surface area contributed by atoms with E-state index < -0.39 is 46.7 Å². The number of nitrogens with one attached hydrogen (secondary N) is 1. The second kappa shape index (κ2) is 12.0. The van der Waals surface area contributed by atoms with Crippen LogP contribution in [0.1, 0.15) is 67.7 Å². The number of ether oxygens (including phenoxy) is 1. The molecule has 6 rings (SSSR count). The summed E-state index contributed by atoms with van der Waals surface area (Å²) in [4.78, 5) is 55.1. The third-order valence-corrected chi connectivity index (χ3v) is 8.11. The maximum atomic E-state index is 15.5. The van der Waals surface area contributed by atoms with E-state index in [0.717, 1.165) is 28.9 Å². The summed E-state index contributed by atoms with van der Waals surface area (Å²) >= 11 is 0. The number of aromatic nitrogens is 1. The first-order valence-electron chi connectivity index (χ1n) is 15.2. The monoisotopic (exact) mass is 628 g/mol. The second-order valence-electron chi connectivity index (χ2n) is 12.6. The molecule has 3 aromatic carbocycles. The van der Waals surface area contributed by atoms with E-state index in [0.29, 0.717) is 11.3 Å². The lowest BCUT2D eigenvalue weighted by Gasteiger charge is -2.32. The molecule has 46 heavy (non-hydrogen) atoms. The Morgan fingerprint density at radius 3 is 2.37 bits per heavy atom. The van der Waals surface area contributed by atoms with Gasteiger partial charge in [0.1, 0.15) is 17.2 Å². The average Bonchev–Trinajstić information content (AvgIpc) is 3.78. The van der Waals surface area contributed by atoms with Gasteiger partial charge in [0.25, 0.3) is 11.5 Å². The van der Waals surface area contributed by atoms with Gasteiger partial charge in [0.15, 0.2) is 0 Å². The van der Waals surface area contributed by atoms with Gasteiger partial charge in [-0.15, -0.1) is 0 Å². The van der Waals surface area contributed by atoms with E-state index in [1.807, 2.05) is 0 Å². The van der Waals surface area contributed by atoms with E-state index in [1.165, 1.54) is 28.8 Å². The van der Waals surface area contributed by atoms with Crippen molar-refractivity contribution in [2.45, 2.75) is 58.2 Å². The summed E-state index contributed by atoms with van der Waals surface area (Å²) in [5.41, 5.74) is -0.629. The van der Waals surface area contributed by atoms with Crippen LogP contribution in [0.25, 0.3) is 16.5 Å². The summed E-state index contributed by atoms with van der Waals surface area (Å²) < 4.78 is 36.5. The number of carbonyl (C=O) groups is 3. The predicted molar refractivity (Wildman–Crippen MR) is 167 cm³/mol. The number of rotatable bonds is 7. The fourth-order valence-electron chi connectivity index (χ4n) is 5.93. The van der Waals surface area contributed by atoms with E-state index in [4.69, 9.17) is 4.74 Å². The number of fused-ring (bicyclic) bond motifs is 1. The minimum atomic E-state index is -0.846. The second-order valence-corrected chi connectivity index (χ2v) is 12.6. The molecule has 9 nitrogen and oxygen atoms in total. The van der Waals surface area contributed by atoms with Crippen molar-refractivity contribution >= 4 is 28.7 Å². The number of para-hydroxylation sites is 1. The smallest absolute Gasteiger partial charge is 0.429 e. The van der Waals surface area contributed by atoms with E-state index in [-0.39, 0.29) is 47.5 Å². The summed E-state index contributed by atoms with van der Waals surface area (Å²) in [6.07, 6.45) is 0.882. The van der Waals surface area contributed by atoms with Gasteiger partial charge in [-0.2, -0.15) is 0 Å². The molecule has 1 saturated heterocycles. The van der Waals surface area contributed by atoms with Gasteiger partial charge >= 0.3 is 6.09 Å². The number of benzene rings is 3. The Morgan fingerprint density at radius 1 is 0.978 bits per heavy atom. The zero-order valence-corrected chi connectivity index (χ0v) is 25.8. The Labute approximate surface area is 264 Å². The van der Waals surface area contributed by atoms with Crippen LogP contribution in [0.15, 0.2) is 77.6 Å². The van der Waals surface area contributed by atoms with Crippen molar-refractivity contribution in [1.29, 1.82) is 0 Å². The van der Waals surface area contributed by atoms with E-state index in [1.54, 1.807) is 63.2 Å². The van der Waals surface area contributed by atoms with Crippen LogP contribution in [0.2, 0.25) is 0 Å². The van der Waals surface area contributed by atoms with Gasteiger partial charge < -0.3 is 10.1 Å². The van der Waals surface area contributed by atoms with Gasteiger partial charge in [-0.25, -0.2) is 23.6 Å². The van der Waals surface area contributed by atoms with Crippen LogP contribution in [0.5, 0.6) is 0 Å². The van der Waals surface area contributed by atoms with Crippen molar-refractivity contribution in [3.63, 3.8) is 0 Å². The first-order valence-corrected chi connectivity index (χ1v) is 15.2. The van der Waals surface area contributed by atoms with Gasteiger partial charge in [-0.1, -0.05) is 42.5 Å². The zero-order chi connectivity index (χ0) is 32.7. The van der Waals surface area contributed by atoms with Crippen molar-refractivity contribution in [2.75, 3.05) is 6.54 Å². The fraction of sp³-hybridized carbons (Fsp3) is 0.314. The molecular weight excluding hydrogens is 594 g/mol. The van der Waals surface area contributed by atoms with Crippen molar-refractivity contribution in [1.82, 2.24) is 19.9 Å². The molecule has 2 heterocycles. The predicted octanol–water partition coefficient (Wildman–Crippen LogP) is 6.03. The van der Waals surface area contributed by atoms with Crippen molar-refractivity contribution in [2.24, 2.45) is 5.92 Å². The third kappa shape index (κ3) is 6.09. The van der Waals surface area contributed by atoms with Gasteiger partial charge in [0.05, 0.1) is 35.8 Å². The minimum absolute atomic E-state index is 0.00186. The Morgan fingerprint density at radius 2 is 1.70 bits per heavy atom. The number of amides is 3. The molecule has 2 aliphatic rings. The molecule has 4 aromatic rings. The quantitative estimate of drug-likeness (QED) is 0.269. The van der Waals surface area contributed by atoms with E-state index >= 15 is 4.39 Å². The van der Waals surface area contributed by atoms with E-state index in [2.05, 4.69) is 5.32 Å². The molecule has 1 aliphatic heterocycles. The summed E-state index contributed by atoms with van der Waals surface area (Å²) in [7, 11) is 0. The normalized spacial score (nSPS) is 15.7. The van der Waals surface area contributed by atoms with Gasteiger partial charge in [-0.3, -0.25) is 19.0 Å². The third-order valence-electron chi connectivity index (χ3n) is 8.11. The molecule has 0 bridgehead atoms. The molecule has 1 atom stereocenters. The molecule has 1 aliphatic carbocycles. The number of halogens is 2. The lowest BCUT2D eigenvalue weighted by Crippen LogP contribution is -2.46. The zero-order valence-electron chi connectivity index (χ0n) is 25.8. The van der Waals surface area contributed by atoms with Crippen molar-refractivity contribution in [3.05, 3.63) is 112 Å². The lowest BCUT2D eigenvalue weighted by molar-refractivity contribution is -0.138. The van der Waals surface area contributed by atoms with Crippen LogP contribution in [-0.2, 0) is 16.1 Å². The van der Waals surface area contributed by atoms with Gasteiger partial charge in [0.2, 0.25) is 5.91 Å². The molecule has 0 unspecified atom stereocenters. The lowest BCUT2D eigenvalue weighted by atomic mass is 9.98. The van der Waals surface area contributed by atoms with Crippen LogP contribution >= 0.6 is 0 Å². The largest absolute Gasteiger partial charge is 0.442 e. The molecule has 0 radical (unpaired) electrons. The number of pyridine rings is 1. The Kier molecular flexibility index (Phi) is 8.10. The number of nitrogens with zero attached hydrogens (tertiary/aromatic N) is 3. The molecule has 0 spiro atoms. The molecular formula is C35H34F2N4O5. The first-order chi connectivity index (χ1) is 21.9. The van der Waals surface area contributed by atoms with Crippen molar-refractivity contribution < 1.29 is 27.9 Å².